The first kappa shape index (κ1) is 13.5. The maximum atomic E-state index is 5.32. The Morgan fingerprint density at radius 2 is 1.91 bits per heavy atom. The molecule has 4 rings (SSSR count). The Labute approximate surface area is 132 Å². The maximum Gasteiger partial charge on any atom is 0.165 e. The lowest BCUT2D eigenvalue weighted by Crippen LogP contribution is -2.03. The smallest absolute Gasteiger partial charge is 0.165 e. The lowest BCUT2D eigenvalue weighted by atomic mass is 10.2. The molecule has 0 aliphatic rings. The highest BCUT2D eigenvalue weighted by Crippen LogP contribution is 2.19. The molecule has 0 fully saturated rings. The number of fused-ring (bicyclic) bond motifs is 1. The number of imidazole rings is 1. The minimum atomic E-state index is 0.560. The fourth-order valence-electron chi connectivity index (χ4n) is 2.49. The van der Waals surface area contributed by atoms with Gasteiger partial charge in [0.25, 0.3) is 0 Å². The average Bonchev–Trinajstić information content (AvgIpc) is 3.24. The SMILES string of the molecule is c1ccc(Cn2cnc3c(NCc4ccco4)ncnc32)cc1. The van der Waals surface area contributed by atoms with Crippen LogP contribution < -0.4 is 5.32 Å². The topological polar surface area (TPSA) is 68.8 Å². The normalized spacial score (nSPS) is 11.0. The summed E-state index contributed by atoms with van der Waals surface area (Å²) >= 11 is 0. The van der Waals surface area contributed by atoms with Crippen molar-refractivity contribution in [1.29, 1.82) is 0 Å². The Hall–Kier alpha value is -3.15. The maximum absolute atomic E-state index is 5.32. The molecule has 23 heavy (non-hydrogen) atoms. The van der Waals surface area contributed by atoms with Gasteiger partial charge in [0.05, 0.1) is 25.7 Å². The fourth-order valence-corrected chi connectivity index (χ4v) is 2.49. The first-order valence-electron chi connectivity index (χ1n) is 7.36. The molecule has 0 atom stereocenters. The monoisotopic (exact) mass is 305 g/mol. The van der Waals surface area contributed by atoms with Crippen LogP contribution in [0.1, 0.15) is 11.3 Å². The number of aromatic nitrogens is 4. The van der Waals surface area contributed by atoms with E-state index in [1.807, 2.05) is 34.9 Å². The minimum absolute atomic E-state index is 0.560. The molecule has 1 aromatic carbocycles. The zero-order valence-electron chi connectivity index (χ0n) is 12.4. The highest BCUT2D eigenvalue weighted by atomic mass is 16.3. The van der Waals surface area contributed by atoms with Gasteiger partial charge in [0.1, 0.15) is 17.6 Å². The van der Waals surface area contributed by atoms with Gasteiger partial charge in [-0.2, -0.15) is 0 Å². The number of hydrogen-bond donors (Lipinski definition) is 1. The molecule has 0 saturated heterocycles. The summed E-state index contributed by atoms with van der Waals surface area (Å²) in [5.74, 6) is 1.55. The molecule has 0 aliphatic carbocycles. The molecule has 3 aromatic heterocycles. The summed E-state index contributed by atoms with van der Waals surface area (Å²) in [6.45, 7) is 1.29. The third-order valence-corrected chi connectivity index (χ3v) is 3.61. The van der Waals surface area contributed by atoms with Crippen LogP contribution in [-0.2, 0) is 13.1 Å². The van der Waals surface area contributed by atoms with Crippen molar-refractivity contribution in [2.75, 3.05) is 5.32 Å². The molecular weight excluding hydrogens is 290 g/mol. The van der Waals surface area contributed by atoms with Crippen LogP contribution in [0, 0.1) is 0 Å². The zero-order valence-corrected chi connectivity index (χ0v) is 12.4. The van der Waals surface area contributed by atoms with Gasteiger partial charge < -0.3 is 14.3 Å². The summed E-state index contributed by atoms with van der Waals surface area (Å²) in [7, 11) is 0. The summed E-state index contributed by atoms with van der Waals surface area (Å²) in [6.07, 6.45) is 5.00. The molecule has 0 aliphatic heterocycles. The fraction of sp³-hybridized carbons (Fsp3) is 0.118. The van der Waals surface area contributed by atoms with Gasteiger partial charge in [-0.15, -0.1) is 0 Å². The number of nitrogens with one attached hydrogen (secondary N) is 1. The van der Waals surface area contributed by atoms with Crippen LogP contribution >= 0.6 is 0 Å². The van der Waals surface area contributed by atoms with E-state index < -0.39 is 0 Å². The van der Waals surface area contributed by atoms with Crippen LogP contribution in [0.2, 0.25) is 0 Å². The largest absolute Gasteiger partial charge is 0.467 e. The third kappa shape index (κ3) is 2.78. The van der Waals surface area contributed by atoms with Crippen LogP contribution in [-0.4, -0.2) is 19.5 Å². The van der Waals surface area contributed by atoms with E-state index in [1.165, 1.54) is 5.56 Å². The lowest BCUT2D eigenvalue weighted by Gasteiger charge is -2.06. The standard InChI is InChI=1S/C17H15N5O/c1-2-5-13(6-3-1)10-22-12-21-15-16(19-11-20-17(15)22)18-9-14-7-4-8-23-14/h1-8,11-12H,9-10H2,(H,18,19,20). The number of anilines is 1. The van der Waals surface area contributed by atoms with Crippen molar-refractivity contribution in [1.82, 2.24) is 19.5 Å². The van der Waals surface area contributed by atoms with E-state index in [0.29, 0.717) is 12.4 Å². The summed E-state index contributed by atoms with van der Waals surface area (Å²) in [4.78, 5) is 13.1. The van der Waals surface area contributed by atoms with Crippen molar-refractivity contribution in [3.63, 3.8) is 0 Å². The van der Waals surface area contributed by atoms with Crippen LogP contribution in [0.5, 0.6) is 0 Å². The highest BCUT2D eigenvalue weighted by molar-refractivity contribution is 5.82. The summed E-state index contributed by atoms with van der Waals surface area (Å²) in [5.41, 5.74) is 2.77. The number of nitrogens with zero attached hydrogens (tertiary/aromatic N) is 4. The number of benzene rings is 1. The summed E-state index contributed by atoms with van der Waals surface area (Å²) in [6, 6.07) is 14.0. The van der Waals surface area contributed by atoms with E-state index >= 15 is 0 Å². The second-order valence-electron chi connectivity index (χ2n) is 5.19. The molecule has 0 bridgehead atoms. The third-order valence-electron chi connectivity index (χ3n) is 3.61. The average molecular weight is 305 g/mol. The second kappa shape index (κ2) is 5.92. The van der Waals surface area contributed by atoms with Crippen molar-refractivity contribution < 1.29 is 4.42 Å². The van der Waals surface area contributed by atoms with Crippen LogP contribution in [0.15, 0.2) is 65.8 Å². The second-order valence-corrected chi connectivity index (χ2v) is 5.19. The van der Waals surface area contributed by atoms with E-state index in [9.17, 15) is 0 Å². The molecule has 0 amide bonds. The van der Waals surface area contributed by atoms with Gasteiger partial charge in [-0.25, -0.2) is 15.0 Å². The molecule has 1 N–H and O–H groups in total. The van der Waals surface area contributed by atoms with Crippen molar-refractivity contribution in [2.24, 2.45) is 0 Å². The molecule has 3 heterocycles. The lowest BCUT2D eigenvalue weighted by molar-refractivity contribution is 0.518. The predicted octanol–water partition coefficient (Wildman–Crippen LogP) is 3.08. The van der Waals surface area contributed by atoms with Crippen LogP contribution in [0.25, 0.3) is 11.2 Å². The molecule has 114 valence electrons. The molecule has 6 nitrogen and oxygen atoms in total. The molecule has 0 radical (unpaired) electrons. The first-order chi connectivity index (χ1) is 11.4. The molecule has 6 heteroatoms. The Bertz CT molecular complexity index is 899. The molecule has 0 spiro atoms. The van der Waals surface area contributed by atoms with Gasteiger partial charge in [0.15, 0.2) is 11.5 Å². The Balaban J connectivity index is 1.61. The van der Waals surface area contributed by atoms with E-state index in [4.69, 9.17) is 4.42 Å². The van der Waals surface area contributed by atoms with Crippen molar-refractivity contribution in [2.45, 2.75) is 13.1 Å². The summed E-state index contributed by atoms with van der Waals surface area (Å²) < 4.78 is 7.34. The molecule has 0 saturated carbocycles. The van der Waals surface area contributed by atoms with E-state index in [-0.39, 0.29) is 0 Å². The van der Waals surface area contributed by atoms with Crippen molar-refractivity contribution in [3.05, 3.63) is 72.7 Å². The Morgan fingerprint density at radius 1 is 1.00 bits per heavy atom. The van der Waals surface area contributed by atoms with Crippen molar-refractivity contribution in [3.8, 4) is 0 Å². The molecule has 4 aromatic rings. The molecular formula is C17H15N5O. The van der Waals surface area contributed by atoms with Gasteiger partial charge in [0, 0.05) is 0 Å². The van der Waals surface area contributed by atoms with E-state index in [0.717, 1.165) is 23.5 Å². The van der Waals surface area contributed by atoms with E-state index in [1.54, 1.807) is 18.9 Å². The Morgan fingerprint density at radius 3 is 2.74 bits per heavy atom. The minimum Gasteiger partial charge on any atom is -0.467 e. The van der Waals surface area contributed by atoms with E-state index in [2.05, 4.69) is 32.4 Å². The van der Waals surface area contributed by atoms with Gasteiger partial charge >= 0.3 is 0 Å². The van der Waals surface area contributed by atoms with Crippen LogP contribution in [0.3, 0.4) is 0 Å². The van der Waals surface area contributed by atoms with Gasteiger partial charge in [-0.1, -0.05) is 30.3 Å². The zero-order chi connectivity index (χ0) is 15.5. The first-order valence-corrected chi connectivity index (χ1v) is 7.36. The van der Waals surface area contributed by atoms with Gasteiger partial charge in [-0.05, 0) is 17.7 Å². The predicted molar refractivity (Wildman–Crippen MR) is 86.9 cm³/mol. The molecule has 0 unspecified atom stereocenters. The van der Waals surface area contributed by atoms with Crippen LogP contribution in [0.4, 0.5) is 5.82 Å². The number of rotatable bonds is 5. The quantitative estimate of drug-likeness (QED) is 0.613. The van der Waals surface area contributed by atoms with Gasteiger partial charge in [-0.3, -0.25) is 0 Å². The number of hydrogen-bond acceptors (Lipinski definition) is 5. The highest BCUT2D eigenvalue weighted by Gasteiger charge is 2.10. The number of furan rings is 1. The van der Waals surface area contributed by atoms with Crippen molar-refractivity contribution >= 4 is 17.0 Å². The van der Waals surface area contributed by atoms with Gasteiger partial charge in [0.2, 0.25) is 0 Å². The summed E-state index contributed by atoms with van der Waals surface area (Å²) in [5, 5.41) is 3.25. The Kier molecular flexibility index (Phi) is 3.48.